The first-order valence-electron chi connectivity index (χ1n) is 13.8. The lowest BCUT2D eigenvalue weighted by Crippen LogP contribution is -2.45. The number of nitrogens with zero attached hydrogens (tertiary/aromatic N) is 5. The fourth-order valence-corrected chi connectivity index (χ4v) is 6.55. The SMILES string of the molecule is Nc1ncnc2c1c(-c1ccc3[nH]c(Cc4ccccc4Cl)cc3c1)nn2C1CCC(N2CCOCC2)CC1. The maximum atomic E-state index is 6.43. The Morgan fingerprint density at radius 1 is 0.974 bits per heavy atom. The van der Waals surface area contributed by atoms with Crippen molar-refractivity contribution in [3.63, 3.8) is 0 Å². The van der Waals surface area contributed by atoms with Crippen molar-refractivity contribution in [3.8, 4) is 11.3 Å². The Hall–Kier alpha value is -3.46. The van der Waals surface area contributed by atoms with Crippen molar-refractivity contribution in [1.82, 2.24) is 29.6 Å². The van der Waals surface area contributed by atoms with E-state index < -0.39 is 0 Å². The van der Waals surface area contributed by atoms with Crippen LogP contribution in [-0.2, 0) is 11.2 Å². The van der Waals surface area contributed by atoms with Gasteiger partial charge in [0, 0.05) is 52.7 Å². The number of rotatable bonds is 5. The molecule has 4 heterocycles. The number of hydrogen-bond acceptors (Lipinski definition) is 6. The number of morpholine rings is 1. The zero-order valence-corrected chi connectivity index (χ0v) is 22.6. The zero-order chi connectivity index (χ0) is 26.3. The summed E-state index contributed by atoms with van der Waals surface area (Å²) in [6.45, 7) is 3.76. The lowest BCUT2D eigenvalue weighted by atomic mass is 9.90. The van der Waals surface area contributed by atoms with Crippen molar-refractivity contribution in [2.75, 3.05) is 32.0 Å². The predicted molar refractivity (Wildman–Crippen MR) is 155 cm³/mol. The van der Waals surface area contributed by atoms with Crippen LogP contribution in [0.4, 0.5) is 5.82 Å². The monoisotopic (exact) mass is 541 g/mol. The molecule has 200 valence electrons. The third-order valence-electron chi connectivity index (χ3n) is 8.38. The summed E-state index contributed by atoms with van der Waals surface area (Å²) in [5.74, 6) is 0.469. The molecule has 0 unspecified atom stereocenters. The minimum atomic E-state index is 0.297. The number of benzene rings is 2. The minimum absolute atomic E-state index is 0.297. The van der Waals surface area contributed by atoms with Crippen LogP contribution in [-0.4, -0.2) is 62.0 Å². The number of ether oxygens (including phenoxy) is 1. The van der Waals surface area contributed by atoms with Crippen LogP contribution in [0.1, 0.15) is 43.0 Å². The number of nitrogens with one attached hydrogen (secondary N) is 1. The molecule has 2 aromatic carbocycles. The molecule has 7 rings (SSSR count). The Kier molecular flexibility index (Phi) is 6.46. The van der Waals surface area contributed by atoms with Crippen molar-refractivity contribution in [3.05, 3.63) is 71.1 Å². The molecule has 1 saturated heterocycles. The standard InChI is InChI=1S/C30H32ClN7O/c31-25-4-2-1-3-19(25)16-22-17-21-15-20(5-10-26(21)35-22)28-27-29(32)33-18-34-30(27)38(36-28)24-8-6-23(7-9-24)37-11-13-39-14-12-37/h1-5,10,15,17-18,23-24,35H,6-9,11-14,16H2,(H2,32,33,34). The smallest absolute Gasteiger partial charge is 0.164 e. The van der Waals surface area contributed by atoms with Gasteiger partial charge in [-0.05, 0) is 55.5 Å². The molecule has 1 aliphatic carbocycles. The second kappa shape index (κ2) is 10.3. The Morgan fingerprint density at radius 2 is 1.77 bits per heavy atom. The lowest BCUT2D eigenvalue weighted by molar-refractivity contribution is 0.00520. The van der Waals surface area contributed by atoms with E-state index in [1.54, 1.807) is 6.33 Å². The second-order valence-electron chi connectivity index (χ2n) is 10.7. The molecule has 1 saturated carbocycles. The molecule has 9 heteroatoms. The van der Waals surface area contributed by atoms with Crippen molar-refractivity contribution in [2.45, 2.75) is 44.2 Å². The molecule has 0 amide bonds. The van der Waals surface area contributed by atoms with E-state index in [9.17, 15) is 0 Å². The number of aromatic amines is 1. The lowest BCUT2D eigenvalue weighted by Gasteiger charge is -2.38. The average molecular weight is 542 g/mol. The fraction of sp³-hybridized carbons (Fsp3) is 0.367. The number of aromatic nitrogens is 5. The van der Waals surface area contributed by atoms with Gasteiger partial charge in [-0.15, -0.1) is 0 Å². The van der Waals surface area contributed by atoms with Crippen LogP contribution in [0.25, 0.3) is 33.2 Å². The average Bonchev–Trinajstić information content (AvgIpc) is 3.56. The van der Waals surface area contributed by atoms with Gasteiger partial charge in [0.2, 0.25) is 0 Å². The molecule has 8 nitrogen and oxygen atoms in total. The van der Waals surface area contributed by atoms with Crippen LogP contribution in [0, 0.1) is 0 Å². The summed E-state index contributed by atoms with van der Waals surface area (Å²) in [4.78, 5) is 15.1. The van der Waals surface area contributed by atoms with E-state index in [-0.39, 0.29) is 0 Å². The molecule has 2 aliphatic rings. The number of hydrogen-bond donors (Lipinski definition) is 2. The highest BCUT2D eigenvalue weighted by molar-refractivity contribution is 6.31. The molecule has 0 spiro atoms. The topological polar surface area (TPSA) is 97.9 Å². The Morgan fingerprint density at radius 3 is 2.59 bits per heavy atom. The van der Waals surface area contributed by atoms with E-state index in [0.29, 0.717) is 17.9 Å². The van der Waals surface area contributed by atoms with Gasteiger partial charge in [0.1, 0.15) is 17.8 Å². The third-order valence-corrected chi connectivity index (χ3v) is 8.75. The first-order chi connectivity index (χ1) is 19.1. The Bertz CT molecular complexity index is 1630. The molecule has 0 radical (unpaired) electrons. The van der Waals surface area contributed by atoms with Gasteiger partial charge in [-0.1, -0.05) is 35.9 Å². The van der Waals surface area contributed by atoms with Gasteiger partial charge >= 0.3 is 0 Å². The summed E-state index contributed by atoms with van der Waals surface area (Å²) in [7, 11) is 0. The normalized spacial score (nSPS) is 20.6. The van der Waals surface area contributed by atoms with Crippen molar-refractivity contribution >= 4 is 39.4 Å². The molecule has 39 heavy (non-hydrogen) atoms. The van der Waals surface area contributed by atoms with Gasteiger partial charge in [-0.2, -0.15) is 5.10 Å². The fourth-order valence-electron chi connectivity index (χ4n) is 6.34. The zero-order valence-electron chi connectivity index (χ0n) is 21.8. The Balaban J connectivity index is 1.19. The van der Waals surface area contributed by atoms with Gasteiger partial charge in [0.25, 0.3) is 0 Å². The summed E-state index contributed by atoms with van der Waals surface area (Å²) < 4.78 is 7.67. The highest BCUT2D eigenvalue weighted by atomic mass is 35.5. The molecule has 2 fully saturated rings. The van der Waals surface area contributed by atoms with Gasteiger partial charge < -0.3 is 15.5 Å². The maximum absolute atomic E-state index is 6.43. The first kappa shape index (κ1) is 24.6. The van der Waals surface area contributed by atoms with Crippen LogP contribution in [0.5, 0.6) is 0 Å². The summed E-state index contributed by atoms with van der Waals surface area (Å²) >= 11 is 6.41. The van der Waals surface area contributed by atoms with E-state index in [0.717, 1.165) is 108 Å². The third kappa shape index (κ3) is 4.67. The maximum Gasteiger partial charge on any atom is 0.164 e. The van der Waals surface area contributed by atoms with E-state index in [1.165, 1.54) is 0 Å². The summed E-state index contributed by atoms with van der Waals surface area (Å²) in [5, 5.41) is 7.88. The predicted octanol–water partition coefficient (Wildman–Crippen LogP) is 5.62. The van der Waals surface area contributed by atoms with Crippen molar-refractivity contribution in [2.24, 2.45) is 0 Å². The number of nitrogen functional groups attached to an aromatic ring is 1. The van der Waals surface area contributed by atoms with E-state index in [1.807, 2.05) is 18.2 Å². The molecule has 3 aromatic heterocycles. The number of anilines is 1. The van der Waals surface area contributed by atoms with Gasteiger partial charge in [-0.3, -0.25) is 4.90 Å². The highest BCUT2D eigenvalue weighted by Gasteiger charge is 2.30. The number of nitrogens with two attached hydrogens (primary N) is 1. The molecule has 1 aliphatic heterocycles. The summed E-state index contributed by atoms with van der Waals surface area (Å²) in [6.07, 6.45) is 6.76. The van der Waals surface area contributed by atoms with Crippen LogP contribution in [0.3, 0.4) is 0 Å². The van der Waals surface area contributed by atoms with E-state index >= 15 is 0 Å². The molecule has 3 N–H and O–H groups in total. The number of H-pyrrole nitrogens is 1. The molecular weight excluding hydrogens is 510 g/mol. The van der Waals surface area contributed by atoms with Gasteiger partial charge in [0.15, 0.2) is 5.65 Å². The molecule has 0 bridgehead atoms. The van der Waals surface area contributed by atoms with Crippen LogP contribution >= 0.6 is 11.6 Å². The molecular formula is C30H32ClN7O. The Labute approximate surface area is 232 Å². The quantitative estimate of drug-likeness (QED) is 0.300. The van der Waals surface area contributed by atoms with Crippen molar-refractivity contribution in [1.29, 1.82) is 0 Å². The van der Waals surface area contributed by atoms with Crippen LogP contribution < -0.4 is 5.73 Å². The second-order valence-corrected chi connectivity index (χ2v) is 11.1. The van der Waals surface area contributed by atoms with E-state index in [4.69, 9.17) is 27.2 Å². The van der Waals surface area contributed by atoms with Crippen molar-refractivity contribution < 1.29 is 4.74 Å². The minimum Gasteiger partial charge on any atom is -0.383 e. The summed E-state index contributed by atoms with van der Waals surface area (Å²) in [6, 6.07) is 17.5. The van der Waals surface area contributed by atoms with Gasteiger partial charge in [-0.25, -0.2) is 14.6 Å². The first-order valence-corrected chi connectivity index (χ1v) is 14.2. The van der Waals surface area contributed by atoms with Crippen LogP contribution in [0.2, 0.25) is 5.02 Å². The molecule has 0 atom stereocenters. The van der Waals surface area contributed by atoms with Gasteiger partial charge in [0.05, 0.1) is 24.6 Å². The van der Waals surface area contributed by atoms with Crippen LogP contribution in [0.15, 0.2) is 54.9 Å². The van der Waals surface area contributed by atoms with E-state index in [2.05, 4.69) is 54.9 Å². The number of fused-ring (bicyclic) bond motifs is 2. The highest BCUT2D eigenvalue weighted by Crippen LogP contribution is 2.38. The largest absolute Gasteiger partial charge is 0.383 e. The summed E-state index contributed by atoms with van der Waals surface area (Å²) in [5.41, 5.74) is 12.4. The molecule has 5 aromatic rings. The number of halogens is 1.